The first-order valence-electron chi connectivity index (χ1n) is 4.84. The second-order valence-corrected chi connectivity index (χ2v) is 5.51. The molecule has 0 fully saturated rings. The van der Waals surface area contributed by atoms with Gasteiger partial charge in [-0.25, -0.2) is 4.31 Å². The molecule has 1 N–H and O–H groups in total. The van der Waals surface area contributed by atoms with Gasteiger partial charge in [-0.05, 0) is 29.6 Å². The molecule has 2 rings (SSSR count). The van der Waals surface area contributed by atoms with Crippen molar-refractivity contribution in [2.75, 3.05) is 4.31 Å². The summed E-state index contributed by atoms with van der Waals surface area (Å²) >= 11 is 1.15. The van der Waals surface area contributed by atoms with Gasteiger partial charge in [0.05, 0.1) is 11.3 Å². The fourth-order valence-electron chi connectivity index (χ4n) is 1.49. The van der Waals surface area contributed by atoms with Crippen LogP contribution in [0.2, 0.25) is 0 Å². The van der Waals surface area contributed by atoms with Gasteiger partial charge in [0.15, 0.2) is 0 Å². The van der Waals surface area contributed by atoms with Crippen LogP contribution in [0.3, 0.4) is 0 Å². The number of thiophene rings is 1. The summed E-state index contributed by atoms with van der Waals surface area (Å²) in [5.74, 6) is 0. The molecular formula is C11H8N2O3S2. The molecular weight excluding hydrogens is 272 g/mol. The van der Waals surface area contributed by atoms with Crippen molar-refractivity contribution in [3.63, 3.8) is 0 Å². The maximum absolute atomic E-state index is 11.5. The van der Waals surface area contributed by atoms with Gasteiger partial charge in [-0.15, -0.1) is 11.3 Å². The van der Waals surface area contributed by atoms with E-state index >= 15 is 0 Å². The zero-order valence-electron chi connectivity index (χ0n) is 9.02. The fraction of sp³-hybridized carbons (Fsp3) is 0. The molecule has 92 valence electrons. The Hall–Kier alpha value is -1.88. The zero-order chi connectivity index (χ0) is 13.2. The van der Waals surface area contributed by atoms with Crippen LogP contribution in [-0.4, -0.2) is 13.0 Å². The Balaban J connectivity index is 2.66. The topological polar surface area (TPSA) is 81.4 Å². The molecule has 0 saturated heterocycles. The minimum atomic E-state index is -4.48. The highest BCUT2D eigenvalue weighted by atomic mass is 32.2. The van der Waals surface area contributed by atoms with Gasteiger partial charge in [0.2, 0.25) is 0 Å². The predicted molar refractivity (Wildman–Crippen MR) is 69.2 cm³/mol. The molecule has 18 heavy (non-hydrogen) atoms. The van der Waals surface area contributed by atoms with E-state index in [-0.39, 0.29) is 11.3 Å². The number of rotatable bonds is 3. The average molecular weight is 280 g/mol. The van der Waals surface area contributed by atoms with Gasteiger partial charge in [-0.2, -0.15) is 13.7 Å². The van der Waals surface area contributed by atoms with Crippen LogP contribution in [0.1, 0.15) is 5.56 Å². The van der Waals surface area contributed by atoms with Crippen LogP contribution in [0.15, 0.2) is 41.8 Å². The van der Waals surface area contributed by atoms with Crippen LogP contribution in [0.5, 0.6) is 0 Å². The standard InChI is InChI=1S/C11H8N2O3S2/c12-8-9-4-1-2-5-10(9)13(18(14,15)16)11-6-3-7-17-11/h1-7H,(H,14,15,16). The van der Waals surface area contributed by atoms with Crippen molar-refractivity contribution in [3.8, 4) is 6.07 Å². The predicted octanol–water partition coefficient (Wildman–Crippen LogP) is 2.56. The summed E-state index contributed by atoms with van der Waals surface area (Å²) in [4.78, 5) is 0. The number of benzene rings is 1. The molecule has 1 heterocycles. The van der Waals surface area contributed by atoms with Gasteiger partial charge in [-0.1, -0.05) is 12.1 Å². The summed E-state index contributed by atoms with van der Waals surface area (Å²) in [6.07, 6.45) is 0. The summed E-state index contributed by atoms with van der Waals surface area (Å²) in [7, 11) is -4.48. The van der Waals surface area contributed by atoms with Gasteiger partial charge in [0, 0.05) is 0 Å². The number of nitriles is 1. The third-order valence-corrected chi connectivity index (χ3v) is 4.00. The maximum Gasteiger partial charge on any atom is 0.365 e. The fourth-order valence-corrected chi connectivity index (χ4v) is 3.24. The molecule has 5 nitrogen and oxygen atoms in total. The van der Waals surface area contributed by atoms with Crippen LogP contribution in [0.4, 0.5) is 10.7 Å². The Morgan fingerprint density at radius 2 is 1.94 bits per heavy atom. The highest BCUT2D eigenvalue weighted by Crippen LogP contribution is 2.33. The molecule has 0 amide bonds. The van der Waals surface area contributed by atoms with Crippen molar-refractivity contribution in [2.45, 2.75) is 0 Å². The molecule has 0 bridgehead atoms. The first-order chi connectivity index (χ1) is 8.54. The average Bonchev–Trinajstić information content (AvgIpc) is 2.81. The Morgan fingerprint density at radius 3 is 2.50 bits per heavy atom. The quantitative estimate of drug-likeness (QED) is 0.876. The molecule has 0 aliphatic rings. The van der Waals surface area contributed by atoms with Crippen LogP contribution in [0.25, 0.3) is 0 Å². The Bertz CT molecular complexity index is 687. The SMILES string of the molecule is N#Cc1ccccc1N(c1cccs1)S(=O)(=O)O. The van der Waals surface area contributed by atoms with Crippen LogP contribution in [0, 0.1) is 11.3 Å². The minimum Gasteiger partial charge on any atom is -0.269 e. The number of anilines is 2. The van der Waals surface area contributed by atoms with Gasteiger partial charge < -0.3 is 0 Å². The van der Waals surface area contributed by atoms with Crippen molar-refractivity contribution < 1.29 is 13.0 Å². The highest BCUT2D eigenvalue weighted by Gasteiger charge is 2.24. The molecule has 0 aliphatic heterocycles. The number of hydrogen-bond acceptors (Lipinski definition) is 4. The lowest BCUT2D eigenvalue weighted by molar-refractivity contribution is 0.483. The minimum absolute atomic E-state index is 0.130. The second-order valence-electron chi connectivity index (χ2n) is 3.32. The molecule has 2 aromatic rings. The lowest BCUT2D eigenvalue weighted by atomic mass is 10.2. The van der Waals surface area contributed by atoms with E-state index in [0.29, 0.717) is 5.00 Å². The molecule has 0 saturated carbocycles. The highest BCUT2D eigenvalue weighted by molar-refractivity contribution is 7.87. The molecule has 7 heteroatoms. The third kappa shape index (κ3) is 2.36. The van der Waals surface area contributed by atoms with Crippen LogP contribution < -0.4 is 4.31 Å². The Kier molecular flexibility index (Phi) is 3.34. The van der Waals surface area contributed by atoms with E-state index in [9.17, 15) is 13.0 Å². The Morgan fingerprint density at radius 1 is 1.22 bits per heavy atom. The van der Waals surface area contributed by atoms with E-state index in [4.69, 9.17) is 5.26 Å². The van der Waals surface area contributed by atoms with Gasteiger partial charge in [0.1, 0.15) is 11.1 Å². The second kappa shape index (κ2) is 4.78. The first-order valence-corrected chi connectivity index (χ1v) is 7.12. The van der Waals surface area contributed by atoms with E-state index < -0.39 is 10.3 Å². The van der Waals surface area contributed by atoms with E-state index in [1.54, 1.807) is 29.6 Å². The molecule has 0 aliphatic carbocycles. The molecule has 0 spiro atoms. The van der Waals surface area contributed by atoms with E-state index in [2.05, 4.69) is 0 Å². The molecule has 0 radical (unpaired) electrons. The third-order valence-electron chi connectivity index (χ3n) is 2.18. The zero-order valence-corrected chi connectivity index (χ0v) is 10.6. The van der Waals surface area contributed by atoms with Crippen molar-refractivity contribution >= 4 is 32.3 Å². The van der Waals surface area contributed by atoms with E-state index in [1.165, 1.54) is 12.1 Å². The summed E-state index contributed by atoms with van der Waals surface area (Å²) in [5.41, 5.74) is 0.300. The number of para-hydroxylation sites is 1. The lowest BCUT2D eigenvalue weighted by Gasteiger charge is -2.19. The molecule has 0 atom stereocenters. The molecule has 1 aromatic carbocycles. The lowest BCUT2D eigenvalue weighted by Crippen LogP contribution is -2.25. The van der Waals surface area contributed by atoms with E-state index in [0.717, 1.165) is 15.6 Å². The van der Waals surface area contributed by atoms with Crippen LogP contribution >= 0.6 is 11.3 Å². The normalized spacial score (nSPS) is 10.9. The smallest absolute Gasteiger partial charge is 0.269 e. The van der Waals surface area contributed by atoms with Gasteiger partial charge >= 0.3 is 10.3 Å². The summed E-state index contributed by atoms with van der Waals surface area (Å²) in [6.45, 7) is 0. The van der Waals surface area contributed by atoms with Crippen LogP contribution in [-0.2, 0) is 10.3 Å². The van der Waals surface area contributed by atoms with E-state index in [1.807, 2.05) is 6.07 Å². The molecule has 1 aromatic heterocycles. The summed E-state index contributed by atoms with van der Waals surface area (Å²) in [5, 5.41) is 11.0. The van der Waals surface area contributed by atoms with Crippen molar-refractivity contribution in [2.24, 2.45) is 0 Å². The maximum atomic E-state index is 11.5. The van der Waals surface area contributed by atoms with Gasteiger partial charge in [0.25, 0.3) is 0 Å². The van der Waals surface area contributed by atoms with Crippen molar-refractivity contribution in [1.82, 2.24) is 0 Å². The summed E-state index contributed by atoms with van der Waals surface area (Å²) < 4.78 is 33.0. The van der Waals surface area contributed by atoms with Crippen molar-refractivity contribution in [1.29, 1.82) is 5.26 Å². The number of nitrogens with zero attached hydrogens (tertiary/aromatic N) is 2. The molecule has 0 unspecified atom stereocenters. The monoisotopic (exact) mass is 280 g/mol. The van der Waals surface area contributed by atoms with Gasteiger partial charge in [-0.3, -0.25) is 4.55 Å². The summed E-state index contributed by atoms with van der Waals surface area (Å²) in [6, 6.07) is 11.3. The number of hydrogen-bond donors (Lipinski definition) is 1. The Labute approximate surface area is 108 Å². The largest absolute Gasteiger partial charge is 0.365 e. The first kappa shape index (κ1) is 12.6. The van der Waals surface area contributed by atoms with Crippen molar-refractivity contribution in [3.05, 3.63) is 47.3 Å².